The fourth-order valence-corrected chi connectivity index (χ4v) is 5.66. The number of phosphoric ester groups is 1. The molecule has 2 N–H and O–H groups in total. The van der Waals surface area contributed by atoms with Crippen LogP contribution in [0.25, 0.3) is 0 Å². The Morgan fingerprint density at radius 3 is 1.34 bits per heavy atom. The Kier molecular flexibility index (Phi) is 33.3. The monoisotopic (exact) mass is 686 g/mol. The van der Waals surface area contributed by atoms with Crippen molar-refractivity contribution < 1.29 is 37.9 Å². The largest absolute Gasteiger partial charge is 0.469 e. The van der Waals surface area contributed by atoms with Gasteiger partial charge in [-0.3, -0.25) is 14.1 Å². The average molecular weight is 687 g/mol. The molecular weight excluding hydrogens is 615 g/mol. The van der Waals surface area contributed by atoms with Gasteiger partial charge in [0.05, 0.1) is 6.61 Å². The lowest BCUT2D eigenvalue weighted by Crippen LogP contribution is -2.29. The van der Waals surface area contributed by atoms with Crippen molar-refractivity contribution >= 4 is 19.8 Å². The van der Waals surface area contributed by atoms with E-state index in [0.717, 1.165) is 57.8 Å². The number of allylic oxidation sites excluding steroid dienone is 4. The number of rotatable bonds is 35. The third-order valence-electron chi connectivity index (χ3n) is 8.19. The molecule has 9 heteroatoms. The predicted molar refractivity (Wildman–Crippen MR) is 193 cm³/mol. The van der Waals surface area contributed by atoms with Crippen LogP contribution in [0.3, 0.4) is 0 Å². The van der Waals surface area contributed by atoms with Crippen LogP contribution in [-0.4, -0.2) is 41.0 Å². The van der Waals surface area contributed by atoms with Crippen LogP contribution in [0.2, 0.25) is 0 Å². The fraction of sp³-hybridized carbons (Fsp3) is 0.842. The summed E-state index contributed by atoms with van der Waals surface area (Å²) in [6, 6.07) is 0. The van der Waals surface area contributed by atoms with E-state index < -0.39 is 32.5 Å². The van der Waals surface area contributed by atoms with Crippen molar-refractivity contribution in [2.24, 2.45) is 0 Å². The van der Waals surface area contributed by atoms with Gasteiger partial charge in [0.15, 0.2) is 6.10 Å². The molecule has 0 saturated carbocycles. The van der Waals surface area contributed by atoms with Gasteiger partial charge in [-0.1, -0.05) is 134 Å². The van der Waals surface area contributed by atoms with Gasteiger partial charge in [-0.15, -0.1) is 0 Å². The van der Waals surface area contributed by atoms with E-state index in [9.17, 15) is 14.2 Å². The minimum absolute atomic E-state index is 0.207. The van der Waals surface area contributed by atoms with Crippen LogP contribution in [0.1, 0.15) is 187 Å². The summed E-state index contributed by atoms with van der Waals surface area (Å²) < 4.78 is 26.3. The van der Waals surface area contributed by atoms with Crippen LogP contribution in [0.5, 0.6) is 0 Å². The van der Waals surface area contributed by atoms with E-state index in [0.29, 0.717) is 12.8 Å². The van der Waals surface area contributed by atoms with Crippen LogP contribution < -0.4 is 0 Å². The molecule has 0 aromatic rings. The molecule has 0 bridgehead atoms. The summed E-state index contributed by atoms with van der Waals surface area (Å²) in [7, 11) is -4.75. The topological polar surface area (TPSA) is 119 Å². The maximum atomic E-state index is 12.4. The molecule has 0 aromatic heterocycles. The van der Waals surface area contributed by atoms with E-state index in [-0.39, 0.29) is 19.4 Å². The molecule has 0 aromatic carbocycles. The number of ether oxygens (including phenoxy) is 2. The molecule has 0 aliphatic heterocycles. The molecule has 8 nitrogen and oxygen atoms in total. The second-order valence-corrected chi connectivity index (χ2v) is 14.1. The van der Waals surface area contributed by atoms with E-state index in [1.807, 2.05) is 0 Å². The molecule has 0 fully saturated rings. The number of esters is 2. The van der Waals surface area contributed by atoms with Gasteiger partial charge in [0, 0.05) is 12.8 Å². The van der Waals surface area contributed by atoms with Gasteiger partial charge < -0.3 is 19.3 Å². The zero-order valence-corrected chi connectivity index (χ0v) is 31.1. The summed E-state index contributed by atoms with van der Waals surface area (Å²) in [6.07, 6.45) is 37.5. The van der Waals surface area contributed by atoms with E-state index in [1.165, 1.54) is 89.9 Å². The van der Waals surface area contributed by atoms with Crippen LogP contribution in [0.15, 0.2) is 24.3 Å². The Hall–Kier alpha value is -1.47. The van der Waals surface area contributed by atoms with E-state index in [4.69, 9.17) is 19.3 Å². The number of phosphoric acid groups is 1. The standard InChI is InChI=1S/C38H71O8P/c1-3-5-7-9-11-13-15-17-18-19-20-21-23-25-27-29-31-33-38(40)46-36(35-45-47(41,42)43)34-44-37(39)32-30-28-26-24-22-16-14-12-10-8-6-4-2/h12,14,17-18,36H,3-11,13,15-16,19-35H2,1-2H3,(H2,41,42,43)/b14-12+,18-17+/t36-/m1/s1. The van der Waals surface area contributed by atoms with E-state index in [2.05, 4.69) is 42.7 Å². The molecule has 0 heterocycles. The van der Waals surface area contributed by atoms with Crippen LogP contribution in [0.4, 0.5) is 0 Å². The van der Waals surface area contributed by atoms with Crippen molar-refractivity contribution in [3.8, 4) is 0 Å². The summed E-state index contributed by atoms with van der Waals surface area (Å²) in [5.74, 6) is -0.898. The average Bonchev–Trinajstić information content (AvgIpc) is 3.04. The Bertz CT molecular complexity index is 823. The molecule has 0 unspecified atom stereocenters. The van der Waals surface area contributed by atoms with E-state index in [1.54, 1.807) is 0 Å². The first kappa shape index (κ1) is 45.5. The minimum atomic E-state index is -4.75. The van der Waals surface area contributed by atoms with Gasteiger partial charge in [-0.25, -0.2) is 4.57 Å². The van der Waals surface area contributed by atoms with Crippen molar-refractivity contribution in [2.45, 2.75) is 193 Å². The fourth-order valence-electron chi connectivity index (χ4n) is 5.30. The summed E-state index contributed by atoms with van der Waals surface area (Å²) >= 11 is 0. The third kappa shape index (κ3) is 37.2. The molecule has 0 aliphatic carbocycles. The number of carbonyl (C=O) groups excluding carboxylic acids is 2. The highest BCUT2D eigenvalue weighted by Crippen LogP contribution is 2.36. The minimum Gasteiger partial charge on any atom is -0.462 e. The zero-order valence-electron chi connectivity index (χ0n) is 30.2. The zero-order chi connectivity index (χ0) is 34.7. The molecule has 0 amide bonds. The molecule has 47 heavy (non-hydrogen) atoms. The second kappa shape index (κ2) is 34.4. The lowest BCUT2D eigenvalue weighted by molar-refractivity contribution is -0.161. The summed E-state index contributed by atoms with van der Waals surface area (Å²) in [6.45, 7) is 3.64. The smallest absolute Gasteiger partial charge is 0.462 e. The van der Waals surface area contributed by atoms with Gasteiger partial charge in [0.2, 0.25) is 0 Å². The maximum Gasteiger partial charge on any atom is 0.469 e. The maximum absolute atomic E-state index is 12.4. The Morgan fingerprint density at radius 2 is 0.894 bits per heavy atom. The van der Waals surface area contributed by atoms with Gasteiger partial charge in [0.1, 0.15) is 6.61 Å². The molecular formula is C38H71O8P. The SMILES string of the molecule is CCCCC/C=C/CCCCCCCC(=O)OC[C@H](COP(=O)(O)O)OC(=O)CCCCCCCCC/C=C/CCCCCCCC. The van der Waals surface area contributed by atoms with Gasteiger partial charge in [0.25, 0.3) is 0 Å². The van der Waals surface area contributed by atoms with Crippen LogP contribution in [0, 0.1) is 0 Å². The van der Waals surface area contributed by atoms with Crippen molar-refractivity contribution in [1.29, 1.82) is 0 Å². The highest BCUT2D eigenvalue weighted by Gasteiger charge is 2.22. The second-order valence-electron chi connectivity index (χ2n) is 12.9. The van der Waals surface area contributed by atoms with Crippen molar-refractivity contribution in [2.75, 3.05) is 13.2 Å². The highest BCUT2D eigenvalue weighted by molar-refractivity contribution is 7.46. The number of carbonyl (C=O) groups is 2. The normalized spacial score (nSPS) is 12.7. The first-order valence-corrected chi connectivity index (χ1v) is 20.7. The first-order chi connectivity index (χ1) is 22.8. The summed E-state index contributed by atoms with van der Waals surface area (Å²) in [5.41, 5.74) is 0. The van der Waals surface area contributed by atoms with Crippen LogP contribution in [-0.2, 0) is 28.2 Å². The van der Waals surface area contributed by atoms with E-state index >= 15 is 0 Å². The van der Waals surface area contributed by atoms with Crippen molar-refractivity contribution in [1.82, 2.24) is 0 Å². The number of hydrogen-bond acceptors (Lipinski definition) is 6. The predicted octanol–water partition coefficient (Wildman–Crippen LogP) is 11.2. The highest BCUT2D eigenvalue weighted by atomic mass is 31.2. The molecule has 276 valence electrons. The molecule has 0 rings (SSSR count). The molecule has 1 atom stereocenters. The Morgan fingerprint density at radius 1 is 0.532 bits per heavy atom. The van der Waals surface area contributed by atoms with Gasteiger partial charge in [-0.05, 0) is 64.2 Å². The Balaban J connectivity index is 3.96. The number of hydrogen-bond donors (Lipinski definition) is 2. The quantitative estimate of drug-likeness (QED) is 0.0292. The Labute approximate surface area is 288 Å². The van der Waals surface area contributed by atoms with Crippen molar-refractivity contribution in [3.05, 3.63) is 24.3 Å². The van der Waals surface area contributed by atoms with Gasteiger partial charge >= 0.3 is 19.8 Å². The molecule has 0 aliphatic rings. The lowest BCUT2D eigenvalue weighted by Gasteiger charge is -2.18. The number of unbranched alkanes of at least 4 members (excludes halogenated alkanes) is 21. The van der Waals surface area contributed by atoms with Crippen molar-refractivity contribution in [3.63, 3.8) is 0 Å². The molecule has 0 radical (unpaired) electrons. The summed E-state index contributed by atoms with van der Waals surface area (Å²) in [5, 5.41) is 0. The first-order valence-electron chi connectivity index (χ1n) is 19.1. The summed E-state index contributed by atoms with van der Waals surface area (Å²) in [4.78, 5) is 42.7. The lowest BCUT2D eigenvalue weighted by atomic mass is 10.1. The van der Waals surface area contributed by atoms with Gasteiger partial charge in [-0.2, -0.15) is 0 Å². The van der Waals surface area contributed by atoms with Crippen LogP contribution >= 0.6 is 7.82 Å². The third-order valence-corrected chi connectivity index (χ3v) is 8.68. The molecule has 0 saturated heterocycles. The molecule has 0 spiro atoms.